The predicted octanol–water partition coefficient (Wildman–Crippen LogP) is -0.316. The van der Waals surface area contributed by atoms with E-state index in [0.29, 0.717) is 19.7 Å². The monoisotopic (exact) mass is 277 g/mol. The van der Waals surface area contributed by atoms with Crippen molar-refractivity contribution in [3.8, 4) is 0 Å². The quantitative estimate of drug-likeness (QED) is 0.742. The summed E-state index contributed by atoms with van der Waals surface area (Å²) >= 11 is 0. The van der Waals surface area contributed by atoms with Crippen molar-refractivity contribution in [2.24, 2.45) is 0 Å². The van der Waals surface area contributed by atoms with Gasteiger partial charge in [0.1, 0.15) is 0 Å². The second kappa shape index (κ2) is 5.42. The molecule has 2 fully saturated rings. The van der Waals surface area contributed by atoms with Gasteiger partial charge in [-0.25, -0.2) is 0 Å². The molecule has 2 N–H and O–H groups in total. The summed E-state index contributed by atoms with van der Waals surface area (Å²) in [6.07, 6.45) is 1.47. The molecule has 18 heavy (non-hydrogen) atoms. The van der Waals surface area contributed by atoms with E-state index in [0.717, 1.165) is 25.9 Å². The van der Waals surface area contributed by atoms with Crippen molar-refractivity contribution in [3.63, 3.8) is 0 Å². The molecule has 0 aliphatic carbocycles. The average molecular weight is 277 g/mol. The number of nitrogens with one attached hydrogen (secondary N) is 2. The van der Waals surface area contributed by atoms with E-state index in [1.165, 1.54) is 4.31 Å². The normalized spacial score (nSPS) is 30.2. The number of piperazine rings is 1. The standard InChI is InChI=1S/C11H23N3O3S/c1-11(2)9-10(3-8-17-11)13-18(15,16)14-6-4-12-5-7-14/h10,12-13H,3-9H2,1-2H3. The Bertz CT molecular complexity index is 377. The number of ether oxygens (including phenoxy) is 1. The van der Waals surface area contributed by atoms with Gasteiger partial charge in [-0.3, -0.25) is 0 Å². The van der Waals surface area contributed by atoms with Crippen molar-refractivity contribution in [2.45, 2.75) is 38.3 Å². The van der Waals surface area contributed by atoms with E-state index < -0.39 is 10.2 Å². The Morgan fingerprint density at radius 2 is 2.00 bits per heavy atom. The van der Waals surface area contributed by atoms with E-state index in [-0.39, 0.29) is 11.6 Å². The Labute approximate surface area is 109 Å². The van der Waals surface area contributed by atoms with E-state index in [9.17, 15) is 8.42 Å². The van der Waals surface area contributed by atoms with Gasteiger partial charge >= 0.3 is 0 Å². The summed E-state index contributed by atoms with van der Waals surface area (Å²) in [6.45, 7) is 7.14. The first-order valence-corrected chi connectivity index (χ1v) is 7.95. The lowest BCUT2D eigenvalue weighted by Gasteiger charge is -2.37. The van der Waals surface area contributed by atoms with Crippen LogP contribution in [0.3, 0.4) is 0 Å². The maximum atomic E-state index is 12.2. The Morgan fingerprint density at radius 1 is 1.33 bits per heavy atom. The molecule has 0 radical (unpaired) electrons. The molecule has 6 nitrogen and oxygen atoms in total. The molecule has 1 unspecified atom stereocenters. The Balaban J connectivity index is 1.95. The van der Waals surface area contributed by atoms with Crippen LogP contribution in [0.1, 0.15) is 26.7 Å². The fourth-order valence-electron chi connectivity index (χ4n) is 2.50. The molecule has 0 aromatic rings. The Morgan fingerprint density at radius 3 is 2.61 bits per heavy atom. The van der Waals surface area contributed by atoms with Gasteiger partial charge in [-0.15, -0.1) is 0 Å². The zero-order valence-corrected chi connectivity index (χ0v) is 11.9. The smallest absolute Gasteiger partial charge is 0.279 e. The molecule has 7 heteroatoms. The highest BCUT2D eigenvalue weighted by Crippen LogP contribution is 2.24. The zero-order valence-electron chi connectivity index (χ0n) is 11.1. The van der Waals surface area contributed by atoms with Crippen LogP contribution in [0.15, 0.2) is 0 Å². The van der Waals surface area contributed by atoms with Gasteiger partial charge in [0.05, 0.1) is 5.60 Å². The second-order valence-corrected chi connectivity index (χ2v) is 7.27. The first-order valence-electron chi connectivity index (χ1n) is 6.51. The van der Waals surface area contributed by atoms with Crippen molar-refractivity contribution >= 4 is 10.2 Å². The molecule has 2 heterocycles. The molecule has 0 spiro atoms. The maximum Gasteiger partial charge on any atom is 0.279 e. The van der Waals surface area contributed by atoms with E-state index in [4.69, 9.17) is 4.74 Å². The van der Waals surface area contributed by atoms with Crippen LogP contribution in [0.4, 0.5) is 0 Å². The minimum atomic E-state index is -3.35. The maximum absolute atomic E-state index is 12.2. The average Bonchev–Trinajstić information content (AvgIpc) is 2.28. The lowest BCUT2D eigenvalue weighted by atomic mass is 9.95. The number of nitrogens with zero attached hydrogens (tertiary/aromatic N) is 1. The van der Waals surface area contributed by atoms with Crippen molar-refractivity contribution in [2.75, 3.05) is 32.8 Å². The van der Waals surface area contributed by atoms with Crippen LogP contribution in [0.2, 0.25) is 0 Å². The van der Waals surface area contributed by atoms with Crippen LogP contribution in [-0.2, 0) is 14.9 Å². The van der Waals surface area contributed by atoms with Gasteiger partial charge in [-0.2, -0.15) is 17.4 Å². The molecule has 0 bridgehead atoms. The summed E-state index contributed by atoms with van der Waals surface area (Å²) < 4.78 is 34.3. The molecule has 2 aliphatic heterocycles. The second-order valence-electron chi connectivity index (χ2n) is 5.57. The van der Waals surface area contributed by atoms with Gasteiger partial charge in [0.25, 0.3) is 10.2 Å². The molecule has 0 aromatic carbocycles. The van der Waals surface area contributed by atoms with E-state index >= 15 is 0 Å². The summed E-state index contributed by atoms with van der Waals surface area (Å²) in [4.78, 5) is 0. The highest BCUT2D eigenvalue weighted by molar-refractivity contribution is 7.87. The summed E-state index contributed by atoms with van der Waals surface area (Å²) in [5.41, 5.74) is -0.241. The fourth-order valence-corrected chi connectivity index (χ4v) is 3.94. The summed E-state index contributed by atoms with van der Waals surface area (Å²) in [5.74, 6) is 0. The lowest BCUT2D eigenvalue weighted by molar-refractivity contribution is -0.0601. The number of hydrogen-bond acceptors (Lipinski definition) is 4. The van der Waals surface area contributed by atoms with E-state index in [1.807, 2.05) is 13.8 Å². The largest absolute Gasteiger partial charge is 0.375 e. The van der Waals surface area contributed by atoms with Gasteiger partial charge in [-0.05, 0) is 26.7 Å². The van der Waals surface area contributed by atoms with Crippen LogP contribution in [0.25, 0.3) is 0 Å². The minimum absolute atomic E-state index is 0.0198. The third-order valence-electron chi connectivity index (χ3n) is 3.43. The Hall–Kier alpha value is -0.210. The van der Waals surface area contributed by atoms with Gasteiger partial charge in [-0.1, -0.05) is 0 Å². The summed E-state index contributed by atoms with van der Waals surface area (Å²) in [7, 11) is -3.35. The Kier molecular flexibility index (Phi) is 4.28. The van der Waals surface area contributed by atoms with Crippen molar-refractivity contribution in [3.05, 3.63) is 0 Å². The van der Waals surface area contributed by atoms with Crippen LogP contribution < -0.4 is 10.0 Å². The molecule has 2 aliphatic rings. The van der Waals surface area contributed by atoms with Crippen LogP contribution in [-0.4, -0.2) is 57.2 Å². The minimum Gasteiger partial charge on any atom is -0.375 e. The van der Waals surface area contributed by atoms with Crippen LogP contribution in [0, 0.1) is 0 Å². The number of rotatable bonds is 3. The van der Waals surface area contributed by atoms with Gasteiger partial charge in [0.15, 0.2) is 0 Å². The van der Waals surface area contributed by atoms with Crippen LogP contribution >= 0.6 is 0 Å². The highest BCUT2D eigenvalue weighted by atomic mass is 32.2. The molecule has 0 aromatic heterocycles. The van der Waals surface area contributed by atoms with Crippen molar-refractivity contribution in [1.82, 2.24) is 14.3 Å². The summed E-state index contributed by atoms with van der Waals surface area (Å²) in [5, 5.41) is 3.15. The molecule has 0 saturated carbocycles. The summed E-state index contributed by atoms with van der Waals surface area (Å²) in [6, 6.07) is -0.0198. The molecular formula is C11H23N3O3S. The number of hydrogen-bond donors (Lipinski definition) is 2. The van der Waals surface area contributed by atoms with Gasteiger partial charge in [0, 0.05) is 38.8 Å². The van der Waals surface area contributed by atoms with Gasteiger partial charge < -0.3 is 10.1 Å². The first-order chi connectivity index (χ1) is 8.39. The fraction of sp³-hybridized carbons (Fsp3) is 1.00. The third kappa shape index (κ3) is 3.64. The molecule has 2 rings (SSSR count). The SMILES string of the molecule is CC1(C)CC(NS(=O)(=O)N2CCNCC2)CCO1. The van der Waals surface area contributed by atoms with Crippen LogP contribution in [0.5, 0.6) is 0 Å². The van der Waals surface area contributed by atoms with E-state index in [2.05, 4.69) is 10.0 Å². The topological polar surface area (TPSA) is 70.7 Å². The molecule has 2 saturated heterocycles. The molecule has 0 amide bonds. The zero-order chi connectivity index (χ0) is 13.2. The molecule has 106 valence electrons. The molecular weight excluding hydrogens is 254 g/mol. The van der Waals surface area contributed by atoms with Crippen molar-refractivity contribution < 1.29 is 13.2 Å². The predicted molar refractivity (Wildman–Crippen MR) is 69.6 cm³/mol. The van der Waals surface area contributed by atoms with Crippen molar-refractivity contribution in [1.29, 1.82) is 0 Å². The lowest BCUT2D eigenvalue weighted by Crippen LogP contribution is -2.54. The molecule has 1 atom stereocenters. The van der Waals surface area contributed by atoms with E-state index in [1.54, 1.807) is 0 Å². The third-order valence-corrected chi connectivity index (χ3v) is 5.10. The first kappa shape index (κ1) is 14.2. The highest BCUT2D eigenvalue weighted by Gasteiger charge is 2.33. The van der Waals surface area contributed by atoms with Gasteiger partial charge in [0.2, 0.25) is 0 Å².